The number of benzene rings is 1. The van der Waals surface area contributed by atoms with Crippen molar-refractivity contribution in [3.63, 3.8) is 0 Å². The molecule has 3 nitrogen and oxygen atoms in total. The fraction of sp³-hybridized carbons (Fsp3) is 0.471. The average molecular weight is 270 g/mol. The van der Waals surface area contributed by atoms with Gasteiger partial charge in [-0.15, -0.1) is 0 Å². The zero-order chi connectivity index (χ0) is 14.7. The summed E-state index contributed by atoms with van der Waals surface area (Å²) in [5.74, 6) is 7.13. The van der Waals surface area contributed by atoms with Crippen molar-refractivity contribution < 1.29 is 4.79 Å². The van der Waals surface area contributed by atoms with Gasteiger partial charge in [0.05, 0.1) is 6.54 Å². The van der Waals surface area contributed by atoms with Crippen LogP contribution >= 0.6 is 0 Å². The summed E-state index contributed by atoms with van der Waals surface area (Å²) >= 11 is 0. The molecule has 0 bridgehead atoms. The minimum Gasteiger partial charge on any atom is -0.338 e. The van der Waals surface area contributed by atoms with Gasteiger partial charge in [0.1, 0.15) is 0 Å². The molecular weight excluding hydrogens is 248 g/mol. The van der Waals surface area contributed by atoms with Crippen molar-refractivity contribution >= 4 is 5.91 Å². The van der Waals surface area contributed by atoms with Crippen LogP contribution in [-0.2, 0) is 0 Å². The molecule has 1 aliphatic heterocycles. The van der Waals surface area contributed by atoms with Gasteiger partial charge in [-0.05, 0) is 36.5 Å². The highest BCUT2D eigenvalue weighted by atomic mass is 16.2. The Bertz CT molecular complexity index is 558. The lowest BCUT2D eigenvalue weighted by molar-refractivity contribution is 0.0785. The minimum absolute atomic E-state index is 0.108. The molecule has 1 aromatic rings. The lowest BCUT2D eigenvalue weighted by atomic mass is 10.0. The molecule has 2 N–H and O–H groups in total. The Balaban J connectivity index is 2.23. The first-order valence-electron chi connectivity index (χ1n) is 7.11. The molecule has 1 aliphatic rings. The van der Waals surface area contributed by atoms with Crippen molar-refractivity contribution in [3.8, 4) is 11.8 Å². The summed E-state index contributed by atoms with van der Waals surface area (Å²) in [4.78, 5) is 14.5. The molecule has 106 valence electrons. The summed E-state index contributed by atoms with van der Waals surface area (Å²) in [6.07, 6.45) is 0. The van der Waals surface area contributed by atoms with Crippen LogP contribution in [-0.4, -0.2) is 30.4 Å². The van der Waals surface area contributed by atoms with Crippen LogP contribution in [0.25, 0.3) is 0 Å². The Hall–Kier alpha value is -1.79. The summed E-state index contributed by atoms with van der Waals surface area (Å²) < 4.78 is 0. The van der Waals surface area contributed by atoms with E-state index in [0.717, 1.165) is 29.8 Å². The molecule has 1 amide bonds. The van der Waals surface area contributed by atoms with E-state index in [9.17, 15) is 4.79 Å². The summed E-state index contributed by atoms with van der Waals surface area (Å²) in [5, 5.41) is 0. The van der Waals surface area contributed by atoms with Gasteiger partial charge in [0.25, 0.3) is 5.91 Å². The number of carbonyl (C=O) groups is 1. The van der Waals surface area contributed by atoms with Gasteiger partial charge in [-0.25, -0.2) is 0 Å². The number of rotatable bonds is 1. The van der Waals surface area contributed by atoms with Crippen LogP contribution < -0.4 is 5.73 Å². The maximum atomic E-state index is 12.5. The normalized spacial score (nSPS) is 21.5. The first-order chi connectivity index (χ1) is 9.52. The number of nitrogens with two attached hydrogens (primary N) is 1. The fourth-order valence-electron chi connectivity index (χ4n) is 2.51. The van der Waals surface area contributed by atoms with Crippen LogP contribution in [0.4, 0.5) is 0 Å². The van der Waals surface area contributed by atoms with Crippen molar-refractivity contribution in [2.75, 3.05) is 19.6 Å². The molecule has 0 aromatic heterocycles. The van der Waals surface area contributed by atoms with E-state index in [0.29, 0.717) is 18.4 Å². The number of likely N-dealkylation sites (tertiary alicyclic amines) is 1. The van der Waals surface area contributed by atoms with Gasteiger partial charge in [0.15, 0.2) is 0 Å². The van der Waals surface area contributed by atoms with Crippen molar-refractivity contribution in [1.29, 1.82) is 0 Å². The highest BCUT2D eigenvalue weighted by molar-refractivity contribution is 5.95. The van der Waals surface area contributed by atoms with Gasteiger partial charge in [-0.1, -0.05) is 31.8 Å². The SMILES string of the molecule is Cc1ccc(C(=O)N2CC(C)C(C)C2)cc1C#CCN. The molecule has 1 fully saturated rings. The molecule has 1 aromatic carbocycles. The van der Waals surface area contributed by atoms with Gasteiger partial charge < -0.3 is 10.6 Å². The molecule has 2 unspecified atom stereocenters. The topological polar surface area (TPSA) is 46.3 Å². The van der Waals surface area contributed by atoms with Crippen LogP contribution in [0.5, 0.6) is 0 Å². The Morgan fingerprint density at radius 2 is 2.00 bits per heavy atom. The molecule has 1 saturated heterocycles. The number of hydrogen-bond acceptors (Lipinski definition) is 2. The summed E-state index contributed by atoms with van der Waals surface area (Å²) in [5.41, 5.74) is 8.09. The van der Waals surface area contributed by atoms with Crippen LogP contribution in [0.3, 0.4) is 0 Å². The Labute approximate surface area is 121 Å². The number of nitrogens with zero attached hydrogens (tertiary/aromatic N) is 1. The van der Waals surface area contributed by atoms with Crippen molar-refractivity contribution in [2.24, 2.45) is 17.6 Å². The highest BCUT2D eigenvalue weighted by Crippen LogP contribution is 2.24. The molecule has 0 saturated carbocycles. The smallest absolute Gasteiger partial charge is 0.253 e. The molecule has 3 heteroatoms. The number of aryl methyl sites for hydroxylation is 1. The third kappa shape index (κ3) is 3.02. The second-order valence-electron chi connectivity index (χ2n) is 5.70. The van der Waals surface area contributed by atoms with E-state index >= 15 is 0 Å². The summed E-state index contributed by atoms with van der Waals surface area (Å²) in [7, 11) is 0. The first-order valence-corrected chi connectivity index (χ1v) is 7.11. The lowest BCUT2D eigenvalue weighted by Gasteiger charge is -2.16. The Kier molecular flexibility index (Phi) is 4.46. The van der Waals surface area contributed by atoms with Gasteiger partial charge in [0.2, 0.25) is 0 Å². The van der Waals surface area contributed by atoms with Gasteiger partial charge in [0, 0.05) is 24.2 Å². The third-order valence-electron chi connectivity index (χ3n) is 4.08. The Morgan fingerprint density at radius 1 is 1.35 bits per heavy atom. The van der Waals surface area contributed by atoms with Crippen molar-refractivity contribution in [1.82, 2.24) is 4.90 Å². The summed E-state index contributed by atoms with van der Waals surface area (Å²) in [6.45, 7) is 8.42. The van der Waals surface area contributed by atoms with Crippen LogP contribution in [0.1, 0.15) is 35.3 Å². The maximum absolute atomic E-state index is 12.5. The molecule has 0 spiro atoms. The van der Waals surface area contributed by atoms with E-state index < -0.39 is 0 Å². The van der Waals surface area contributed by atoms with E-state index in [-0.39, 0.29) is 5.91 Å². The molecule has 2 atom stereocenters. The molecule has 20 heavy (non-hydrogen) atoms. The number of hydrogen-bond donors (Lipinski definition) is 1. The minimum atomic E-state index is 0.108. The highest BCUT2D eigenvalue weighted by Gasteiger charge is 2.29. The lowest BCUT2D eigenvalue weighted by Crippen LogP contribution is -2.28. The monoisotopic (exact) mass is 270 g/mol. The Morgan fingerprint density at radius 3 is 2.60 bits per heavy atom. The van der Waals surface area contributed by atoms with E-state index in [4.69, 9.17) is 5.73 Å². The number of amides is 1. The van der Waals surface area contributed by atoms with Gasteiger partial charge >= 0.3 is 0 Å². The largest absolute Gasteiger partial charge is 0.338 e. The van der Waals surface area contributed by atoms with E-state index in [2.05, 4.69) is 25.7 Å². The molecule has 2 rings (SSSR count). The predicted octanol–water partition coefficient (Wildman–Crippen LogP) is 2.03. The number of carbonyl (C=O) groups excluding carboxylic acids is 1. The predicted molar refractivity (Wildman–Crippen MR) is 81.3 cm³/mol. The van der Waals surface area contributed by atoms with E-state index in [1.165, 1.54) is 0 Å². The van der Waals surface area contributed by atoms with E-state index in [1.54, 1.807) is 0 Å². The van der Waals surface area contributed by atoms with Crippen LogP contribution in [0, 0.1) is 30.6 Å². The molecule has 0 radical (unpaired) electrons. The summed E-state index contributed by atoms with van der Waals surface area (Å²) in [6, 6.07) is 5.73. The van der Waals surface area contributed by atoms with E-state index in [1.807, 2.05) is 30.0 Å². The molecular formula is C17H22N2O. The molecule has 0 aliphatic carbocycles. The zero-order valence-corrected chi connectivity index (χ0v) is 12.4. The van der Waals surface area contributed by atoms with Crippen LogP contribution in [0.2, 0.25) is 0 Å². The fourth-order valence-corrected chi connectivity index (χ4v) is 2.51. The van der Waals surface area contributed by atoms with Crippen molar-refractivity contribution in [2.45, 2.75) is 20.8 Å². The second-order valence-corrected chi connectivity index (χ2v) is 5.70. The van der Waals surface area contributed by atoms with Crippen LogP contribution in [0.15, 0.2) is 18.2 Å². The van der Waals surface area contributed by atoms with Gasteiger partial charge in [-0.2, -0.15) is 0 Å². The molecule has 1 heterocycles. The maximum Gasteiger partial charge on any atom is 0.253 e. The first kappa shape index (κ1) is 14.6. The quantitative estimate of drug-likeness (QED) is 0.794. The van der Waals surface area contributed by atoms with Crippen molar-refractivity contribution in [3.05, 3.63) is 34.9 Å². The standard InChI is InChI=1S/C17H22N2O/c1-12-6-7-16(9-15(12)5-4-8-18)17(20)19-10-13(2)14(3)11-19/h6-7,9,13-14H,8,10-11,18H2,1-3H3. The third-order valence-corrected chi connectivity index (χ3v) is 4.08. The zero-order valence-electron chi connectivity index (χ0n) is 12.4. The second kappa shape index (κ2) is 6.11. The van der Waals surface area contributed by atoms with Gasteiger partial charge in [-0.3, -0.25) is 4.79 Å². The average Bonchev–Trinajstić information content (AvgIpc) is 2.77.